The number of methoxy groups -OCH3 is 1. The minimum atomic E-state index is -1.08. The van der Waals surface area contributed by atoms with E-state index in [1.807, 2.05) is 18.2 Å². The average molecular weight is 450 g/mol. The fraction of sp³-hybridized carbons (Fsp3) is 0.500. The summed E-state index contributed by atoms with van der Waals surface area (Å²) in [6, 6.07) is 8.72. The minimum absolute atomic E-state index is 0.0512. The van der Waals surface area contributed by atoms with E-state index in [0.717, 1.165) is 23.7 Å². The molecule has 2 saturated carbocycles. The van der Waals surface area contributed by atoms with Crippen LogP contribution in [0.4, 0.5) is 0 Å². The SMILES string of the molecule is COc1cccc2[nH]c(C(=O)N[C@@H](CC3CC3)C(=O)N[C@@]3(C#N)C[C@H]4CNC(=O)[C@@H]4C3)cc12. The molecule has 1 saturated heterocycles. The summed E-state index contributed by atoms with van der Waals surface area (Å²) in [6.07, 6.45) is 3.31. The van der Waals surface area contributed by atoms with Crippen molar-refractivity contribution in [1.29, 1.82) is 5.26 Å². The second-order valence-corrected chi connectivity index (χ2v) is 9.51. The van der Waals surface area contributed by atoms with Gasteiger partial charge in [-0.3, -0.25) is 14.4 Å². The largest absolute Gasteiger partial charge is 0.496 e. The molecule has 3 fully saturated rings. The number of amides is 3. The molecular weight excluding hydrogens is 422 g/mol. The number of hydrogen-bond donors (Lipinski definition) is 4. The average Bonchev–Trinajstić information content (AvgIpc) is 3.25. The standard InChI is InChI=1S/C24H27N5O4/c1-33-20-4-2-3-17-15(20)8-19(27-17)22(31)28-18(7-13-5-6-13)23(32)29-24(12-25)9-14-11-26-21(30)16(14)10-24/h2-4,8,13-14,16,18,27H,5-7,9-11H2,1H3,(H,26,30)(H,28,31)(H,29,32)/t14-,16+,18-,24-/m0/s1. The number of benzene rings is 1. The van der Waals surface area contributed by atoms with Gasteiger partial charge < -0.3 is 25.7 Å². The highest BCUT2D eigenvalue weighted by Crippen LogP contribution is 2.42. The zero-order valence-electron chi connectivity index (χ0n) is 18.4. The first-order valence-corrected chi connectivity index (χ1v) is 11.4. The predicted molar refractivity (Wildman–Crippen MR) is 119 cm³/mol. The number of carbonyl (C=O) groups excluding carboxylic acids is 3. The van der Waals surface area contributed by atoms with Crippen LogP contribution in [0, 0.1) is 29.1 Å². The van der Waals surface area contributed by atoms with Crippen LogP contribution in [0.5, 0.6) is 5.75 Å². The Kier molecular flexibility index (Phi) is 5.23. The molecule has 3 amide bonds. The Bertz CT molecular complexity index is 1160. The molecule has 0 unspecified atom stereocenters. The molecule has 1 aromatic heterocycles. The van der Waals surface area contributed by atoms with Gasteiger partial charge in [0.15, 0.2) is 0 Å². The number of aromatic nitrogens is 1. The van der Waals surface area contributed by atoms with Gasteiger partial charge in [0.1, 0.15) is 23.0 Å². The number of ether oxygens (including phenoxy) is 1. The second kappa shape index (κ2) is 8.10. The molecular formula is C24H27N5O4. The molecule has 5 rings (SSSR count). The van der Waals surface area contributed by atoms with E-state index in [0.29, 0.717) is 43.2 Å². The van der Waals surface area contributed by atoms with Crippen LogP contribution in [-0.2, 0) is 9.59 Å². The highest BCUT2D eigenvalue weighted by molar-refractivity contribution is 6.01. The molecule has 2 aromatic rings. The van der Waals surface area contributed by atoms with Gasteiger partial charge in [0.2, 0.25) is 11.8 Å². The number of hydrogen-bond acceptors (Lipinski definition) is 5. The van der Waals surface area contributed by atoms with Crippen molar-refractivity contribution in [3.05, 3.63) is 30.0 Å². The zero-order valence-corrected chi connectivity index (χ0v) is 18.4. The molecule has 2 aliphatic carbocycles. The maximum absolute atomic E-state index is 13.3. The van der Waals surface area contributed by atoms with E-state index >= 15 is 0 Å². The second-order valence-electron chi connectivity index (χ2n) is 9.51. The normalized spacial score (nSPS) is 26.8. The summed E-state index contributed by atoms with van der Waals surface area (Å²) < 4.78 is 5.36. The number of H-pyrrole nitrogens is 1. The van der Waals surface area contributed by atoms with Crippen molar-refractivity contribution in [2.45, 2.75) is 43.7 Å². The van der Waals surface area contributed by atoms with Crippen molar-refractivity contribution in [2.75, 3.05) is 13.7 Å². The van der Waals surface area contributed by atoms with Crippen LogP contribution >= 0.6 is 0 Å². The van der Waals surface area contributed by atoms with Crippen molar-refractivity contribution in [3.8, 4) is 11.8 Å². The molecule has 33 heavy (non-hydrogen) atoms. The summed E-state index contributed by atoms with van der Waals surface area (Å²) in [4.78, 5) is 41.4. The molecule has 0 spiro atoms. The van der Waals surface area contributed by atoms with Crippen LogP contribution in [0.25, 0.3) is 10.9 Å². The summed E-state index contributed by atoms with van der Waals surface area (Å²) in [5, 5.41) is 19.3. The zero-order chi connectivity index (χ0) is 23.2. The molecule has 4 N–H and O–H groups in total. The Labute approximate surface area is 191 Å². The lowest BCUT2D eigenvalue weighted by molar-refractivity contribution is -0.125. The van der Waals surface area contributed by atoms with Gasteiger partial charge in [-0.05, 0) is 49.3 Å². The lowest BCUT2D eigenvalue weighted by Crippen LogP contribution is -2.55. The first-order valence-electron chi connectivity index (χ1n) is 11.4. The Hall–Kier alpha value is -3.54. The van der Waals surface area contributed by atoms with Crippen molar-refractivity contribution < 1.29 is 19.1 Å². The van der Waals surface area contributed by atoms with Gasteiger partial charge >= 0.3 is 0 Å². The van der Waals surface area contributed by atoms with Gasteiger partial charge in [0, 0.05) is 23.4 Å². The molecule has 172 valence electrons. The third-order valence-electron chi connectivity index (χ3n) is 7.18. The van der Waals surface area contributed by atoms with Gasteiger partial charge in [-0.1, -0.05) is 18.9 Å². The van der Waals surface area contributed by atoms with Crippen LogP contribution in [0.1, 0.15) is 42.6 Å². The van der Waals surface area contributed by atoms with E-state index < -0.39 is 11.6 Å². The Morgan fingerprint density at radius 2 is 2.15 bits per heavy atom. The Morgan fingerprint density at radius 3 is 2.85 bits per heavy atom. The highest BCUT2D eigenvalue weighted by Gasteiger charge is 2.52. The number of fused-ring (bicyclic) bond motifs is 2. The number of nitrogens with zero attached hydrogens (tertiary/aromatic N) is 1. The van der Waals surface area contributed by atoms with Crippen molar-refractivity contribution >= 4 is 28.6 Å². The molecule has 0 bridgehead atoms. The quantitative estimate of drug-likeness (QED) is 0.509. The van der Waals surface area contributed by atoms with Crippen LogP contribution in [-0.4, -0.2) is 47.9 Å². The fourth-order valence-electron chi connectivity index (χ4n) is 5.23. The molecule has 1 aliphatic heterocycles. The summed E-state index contributed by atoms with van der Waals surface area (Å²) >= 11 is 0. The topological polar surface area (TPSA) is 136 Å². The molecule has 1 aromatic carbocycles. The van der Waals surface area contributed by atoms with Gasteiger partial charge in [-0.2, -0.15) is 5.26 Å². The summed E-state index contributed by atoms with van der Waals surface area (Å²) in [6.45, 7) is 0.537. The molecule has 9 nitrogen and oxygen atoms in total. The van der Waals surface area contributed by atoms with Crippen LogP contribution in [0.3, 0.4) is 0 Å². The van der Waals surface area contributed by atoms with Crippen LogP contribution in [0.15, 0.2) is 24.3 Å². The molecule has 0 radical (unpaired) electrons. The third kappa shape index (κ3) is 4.01. The first-order chi connectivity index (χ1) is 15.9. The molecule has 9 heteroatoms. The Morgan fingerprint density at radius 1 is 1.33 bits per heavy atom. The third-order valence-corrected chi connectivity index (χ3v) is 7.18. The van der Waals surface area contributed by atoms with E-state index in [2.05, 4.69) is 27.0 Å². The van der Waals surface area contributed by atoms with E-state index in [1.54, 1.807) is 13.2 Å². The maximum atomic E-state index is 13.3. The molecule has 3 aliphatic rings. The maximum Gasteiger partial charge on any atom is 0.268 e. The smallest absolute Gasteiger partial charge is 0.268 e. The van der Waals surface area contributed by atoms with Crippen molar-refractivity contribution in [3.63, 3.8) is 0 Å². The van der Waals surface area contributed by atoms with Gasteiger partial charge in [-0.25, -0.2) is 0 Å². The van der Waals surface area contributed by atoms with E-state index in [4.69, 9.17) is 4.74 Å². The predicted octanol–water partition coefficient (Wildman–Crippen LogP) is 1.61. The van der Waals surface area contributed by atoms with Crippen LogP contribution in [0.2, 0.25) is 0 Å². The van der Waals surface area contributed by atoms with Crippen LogP contribution < -0.4 is 20.7 Å². The Balaban J connectivity index is 1.32. The number of nitriles is 1. The lowest BCUT2D eigenvalue weighted by atomic mass is 9.96. The lowest BCUT2D eigenvalue weighted by Gasteiger charge is -2.27. The van der Waals surface area contributed by atoms with Crippen molar-refractivity contribution in [1.82, 2.24) is 20.9 Å². The molecule has 2 heterocycles. The van der Waals surface area contributed by atoms with Crippen molar-refractivity contribution in [2.24, 2.45) is 17.8 Å². The van der Waals surface area contributed by atoms with Gasteiger partial charge in [0.25, 0.3) is 5.91 Å². The minimum Gasteiger partial charge on any atom is -0.496 e. The number of carbonyl (C=O) groups is 3. The van der Waals surface area contributed by atoms with Gasteiger partial charge in [-0.15, -0.1) is 0 Å². The van der Waals surface area contributed by atoms with Gasteiger partial charge in [0.05, 0.1) is 13.2 Å². The fourth-order valence-corrected chi connectivity index (χ4v) is 5.23. The summed E-state index contributed by atoms with van der Waals surface area (Å²) in [5.74, 6) is 0.0348. The number of aromatic amines is 1. The van der Waals surface area contributed by atoms with E-state index in [-0.39, 0.29) is 29.6 Å². The first kappa shape index (κ1) is 21.3. The summed E-state index contributed by atoms with van der Waals surface area (Å²) in [7, 11) is 1.57. The van der Waals surface area contributed by atoms with E-state index in [1.165, 1.54) is 0 Å². The number of nitrogens with one attached hydrogen (secondary N) is 4. The summed E-state index contributed by atoms with van der Waals surface area (Å²) in [5.41, 5.74) is 0.0256. The molecule has 4 atom stereocenters. The van der Waals surface area contributed by atoms with E-state index in [9.17, 15) is 19.6 Å². The highest BCUT2D eigenvalue weighted by atomic mass is 16.5. The number of rotatable bonds is 7. The monoisotopic (exact) mass is 449 g/mol.